The molecule has 0 saturated carbocycles. The lowest BCUT2D eigenvalue weighted by Gasteiger charge is -2.09. The van der Waals surface area contributed by atoms with E-state index in [-0.39, 0.29) is 5.82 Å². The molecule has 0 amide bonds. The highest BCUT2D eigenvalue weighted by atomic mass is 79.9. The maximum atomic E-state index is 13.3. The van der Waals surface area contributed by atoms with Gasteiger partial charge >= 0.3 is 0 Å². The van der Waals surface area contributed by atoms with Gasteiger partial charge in [-0.2, -0.15) is 0 Å². The molecule has 2 nitrogen and oxygen atoms in total. The molecule has 1 heterocycles. The number of nitrogens with two attached hydrogens (primary N) is 1. The van der Waals surface area contributed by atoms with Crippen molar-refractivity contribution in [2.24, 2.45) is 0 Å². The number of thiophene rings is 1. The summed E-state index contributed by atoms with van der Waals surface area (Å²) >= 11 is 4.81. The molecule has 0 fully saturated rings. The minimum atomic E-state index is -0.308. The van der Waals surface area contributed by atoms with Gasteiger partial charge in [0.2, 0.25) is 0 Å². The van der Waals surface area contributed by atoms with Crippen LogP contribution < -0.4 is 11.1 Å². The summed E-state index contributed by atoms with van der Waals surface area (Å²) in [7, 11) is 0. The number of benzene rings is 1. The summed E-state index contributed by atoms with van der Waals surface area (Å²) in [6.07, 6.45) is 0.911. The summed E-state index contributed by atoms with van der Waals surface area (Å²) in [6.45, 7) is 0.742. The van der Waals surface area contributed by atoms with E-state index >= 15 is 0 Å². The Morgan fingerprint density at radius 1 is 1.41 bits per heavy atom. The first-order valence-corrected chi connectivity index (χ1v) is 6.85. The predicted molar refractivity (Wildman–Crippen MR) is 75.0 cm³/mol. The van der Waals surface area contributed by atoms with Crippen molar-refractivity contribution in [2.45, 2.75) is 6.42 Å². The Labute approximate surface area is 112 Å². The fraction of sp³-hybridized carbons (Fsp3) is 0.167. The first-order valence-electron chi connectivity index (χ1n) is 5.17. The van der Waals surface area contributed by atoms with Gasteiger partial charge < -0.3 is 11.1 Å². The highest BCUT2D eigenvalue weighted by Gasteiger charge is 2.05. The number of rotatable bonds is 4. The monoisotopic (exact) mass is 314 g/mol. The molecule has 1 aromatic heterocycles. The minimum Gasteiger partial charge on any atom is -0.397 e. The molecule has 5 heteroatoms. The highest BCUT2D eigenvalue weighted by Crippen LogP contribution is 2.26. The van der Waals surface area contributed by atoms with E-state index in [1.807, 2.05) is 11.4 Å². The Hall–Kier alpha value is -1.07. The molecule has 0 aliphatic carbocycles. The topological polar surface area (TPSA) is 38.0 Å². The smallest absolute Gasteiger partial charge is 0.139 e. The Balaban J connectivity index is 1.97. The third kappa shape index (κ3) is 3.20. The molecule has 0 bridgehead atoms. The first kappa shape index (κ1) is 12.4. The van der Waals surface area contributed by atoms with E-state index in [1.54, 1.807) is 17.4 Å². The molecule has 0 aliphatic heterocycles. The van der Waals surface area contributed by atoms with Crippen molar-refractivity contribution in [2.75, 3.05) is 17.6 Å². The SMILES string of the molecule is Nc1cc(Br)c(F)cc1NCCc1cccs1. The lowest BCUT2D eigenvalue weighted by atomic mass is 10.2. The molecule has 0 radical (unpaired) electrons. The first-order chi connectivity index (χ1) is 8.16. The van der Waals surface area contributed by atoms with Crippen LogP contribution in [-0.4, -0.2) is 6.54 Å². The van der Waals surface area contributed by atoms with Crippen molar-refractivity contribution in [3.05, 3.63) is 44.8 Å². The van der Waals surface area contributed by atoms with Crippen molar-refractivity contribution in [3.63, 3.8) is 0 Å². The number of nitrogens with one attached hydrogen (secondary N) is 1. The lowest BCUT2D eigenvalue weighted by molar-refractivity contribution is 0.622. The molecule has 90 valence electrons. The summed E-state index contributed by atoms with van der Waals surface area (Å²) in [5.74, 6) is -0.308. The zero-order chi connectivity index (χ0) is 12.3. The van der Waals surface area contributed by atoms with Crippen LogP contribution in [-0.2, 0) is 6.42 Å². The zero-order valence-electron chi connectivity index (χ0n) is 9.04. The molecule has 0 unspecified atom stereocenters. The summed E-state index contributed by atoms with van der Waals surface area (Å²) in [4.78, 5) is 1.30. The third-order valence-corrected chi connectivity index (χ3v) is 3.90. The maximum absolute atomic E-state index is 13.3. The van der Waals surface area contributed by atoms with E-state index < -0.39 is 0 Å². The molecular formula is C12H12BrFN2S. The Bertz CT molecular complexity index is 499. The van der Waals surface area contributed by atoms with Gasteiger partial charge in [-0.05, 0) is 39.9 Å². The summed E-state index contributed by atoms with van der Waals surface area (Å²) in [6, 6.07) is 7.09. The van der Waals surface area contributed by atoms with Gasteiger partial charge in [-0.15, -0.1) is 11.3 Å². The maximum Gasteiger partial charge on any atom is 0.139 e. The van der Waals surface area contributed by atoms with Gasteiger partial charge in [0, 0.05) is 17.5 Å². The number of hydrogen-bond acceptors (Lipinski definition) is 3. The Morgan fingerprint density at radius 2 is 2.24 bits per heavy atom. The molecule has 0 saturated heterocycles. The molecule has 1 aromatic carbocycles. The lowest BCUT2D eigenvalue weighted by Crippen LogP contribution is -2.06. The third-order valence-electron chi connectivity index (χ3n) is 2.36. The van der Waals surface area contributed by atoms with E-state index in [4.69, 9.17) is 5.73 Å². The standard InChI is InChI=1S/C12H12BrFN2S/c13-9-6-11(15)12(7-10(9)14)16-4-3-8-2-1-5-17-8/h1-2,5-7,16H,3-4,15H2. The van der Waals surface area contributed by atoms with Gasteiger partial charge in [0.1, 0.15) is 5.82 Å². The van der Waals surface area contributed by atoms with Crippen LogP contribution in [0.3, 0.4) is 0 Å². The average Bonchev–Trinajstić information content (AvgIpc) is 2.78. The zero-order valence-corrected chi connectivity index (χ0v) is 11.4. The van der Waals surface area contributed by atoms with E-state index in [2.05, 4.69) is 27.3 Å². The van der Waals surface area contributed by atoms with E-state index in [0.29, 0.717) is 15.8 Å². The van der Waals surface area contributed by atoms with Gasteiger partial charge in [0.15, 0.2) is 0 Å². The molecule has 0 aliphatic rings. The number of nitrogen functional groups attached to an aromatic ring is 1. The van der Waals surface area contributed by atoms with Crippen molar-refractivity contribution in [1.29, 1.82) is 0 Å². The number of halogens is 2. The van der Waals surface area contributed by atoms with Crippen LogP contribution >= 0.6 is 27.3 Å². The van der Waals surface area contributed by atoms with Gasteiger partial charge in [-0.1, -0.05) is 6.07 Å². The van der Waals surface area contributed by atoms with Gasteiger partial charge in [0.05, 0.1) is 15.8 Å². The predicted octanol–water partition coefficient (Wildman–Crippen LogP) is 3.89. The van der Waals surface area contributed by atoms with Crippen molar-refractivity contribution < 1.29 is 4.39 Å². The summed E-state index contributed by atoms with van der Waals surface area (Å²) in [5.41, 5.74) is 6.98. The molecular weight excluding hydrogens is 303 g/mol. The van der Waals surface area contributed by atoms with Crippen LogP contribution in [0.2, 0.25) is 0 Å². The van der Waals surface area contributed by atoms with E-state index in [1.165, 1.54) is 10.9 Å². The van der Waals surface area contributed by atoms with Crippen LogP contribution in [0.15, 0.2) is 34.1 Å². The van der Waals surface area contributed by atoms with Crippen molar-refractivity contribution in [1.82, 2.24) is 0 Å². The van der Waals surface area contributed by atoms with Gasteiger partial charge in [-0.25, -0.2) is 4.39 Å². The largest absolute Gasteiger partial charge is 0.397 e. The number of hydrogen-bond donors (Lipinski definition) is 2. The Kier molecular flexibility index (Phi) is 4.02. The van der Waals surface area contributed by atoms with Crippen LogP contribution in [0.4, 0.5) is 15.8 Å². The minimum absolute atomic E-state index is 0.308. The fourth-order valence-electron chi connectivity index (χ4n) is 1.49. The van der Waals surface area contributed by atoms with Crippen LogP contribution in [0.25, 0.3) is 0 Å². The molecule has 3 N–H and O–H groups in total. The quantitative estimate of drug-likeness (QED) is 0.840. The summed E-state index contributed by atoms with van der Waals surface area (Å²) < 4.78 is 13.7. The fourth-order valence-corrected chi connectivity index (χ4v) is 2.56. The Morgan fingerprint density at radius 3 is 2.94 bits per heavy atom. The second-order valence-corrected chi connectivity index (χ2v) is 5.50. The van der Waals surface area contributed by atoms with Crippen molar-refractivity contribution >= 4 is 38.6 Å². The number of anilines is 2. The van der Waals surface area contributed by atoms with Gasteiger partial charge in [0.25, 0.3) is 0 Å². The second kappa shape index (κ2) is 5.51. The molecule has 0 atom stereocenters. The van der Waals surface area contributed by atoms with E-state index in [9.17, 15) is 4.39 Å². The molecule has 2 aromatic rings. The second-order valence-electron chi connectivity index (χ2n) is 3.61. The highest BCUT2D eigenvalue weighted by molar-refractivity contribution is 9.10. The van der Waals surface area contributed by atoms with Crippen LogP contribution in [0.1, 0.15) is 4.88 Å². The molecule has 0 spiro atoms. The van der Waals surface area contributed by atoms with Gasteiger partial charge in [-0.3, -0.25) is 0 Å². The normalized spacial score (nSPS) is 10.5. The van der Waals surface area contributed by atoms with Crippen LogP contribution in [0, 0.1) is 5.82 Å². The van der Waals surface area contributed by atoms with Crippen LogP contribution in [0.5, 0.6) is 0 Å². The van der Waals surface area contributed by atoms with E-state index in [0.717, 1.165) is 13.0 Å². The van der Waals surface area contributed by atoms with Crippen molar-refractivity contribution in [3.8, 4) is 0 Å². The summed E-state index contributed by atoms with van der Waals surface area (Å²) in [5, 5.41) is 5.18. The molecule has 17 heavy (non-hydrogen) atoms. The molecule has 2 rings (SSSR count). The average molecular weight is 315 g/mol.